The van der Waals surface area contributed by atoms with Crippen molar-refractivity contribution in [3.05, 3.63) is 48.0 Å². The lowest BCUT2D eigenvalue weighted by atomic mass is 10.1. The number of hydrogen-bond acceptors (Lipinski definition) is 5. The molecule has 5 nitrogen and oxygen atoms in total. The lowest BCUT2D eigenvalue weighted by Gasteiger charge is -2.13. The third-order valence-electron chi connectivity index (χ3n) is 2.41. The van der Waals surface area contributed by atoms with E-state index in [1.54, 1.807) is 6.92 Å². The Labute approximate surface area is 113 Å². The van der Waals surface area contributed by atoms with Crippen molar-refractivity contribution >= 4 is 5.97 Å². The van der Waals surface area contributed by atoms with E-state index in [-0.39, 0.29) is 12.7 Å². The third-order valence-corrected chi connectivity index (χ3v) is 2.41. The zero-order valence-corrected chi connectivity index (χ0v) is 11.1. The van der Waals surface area contributed by atoms with Crippen molar-refractivity contribution in [2.45, 2.75) is 26.1 Å². The fourth-order valence-corrected chi connectivity index (χ4v) is 1.43. The van der Waals surface area contributed by atoms with Gasteiger partial charge in [-0.05, 0) is 18.1 Å². The zero-order chi connectivity index (χ0) is 14.1. The summed E-state index contributed by atoms with van der Waals surface area (Å²) < 4.78 is 4.85. The highest BCUT2D eigenvalue weighted by molar-refractivity contribution is 5.81. The molecule has 1 rings (SSSR count). The first kappa shape index (κ1) is 15.4. The van der Waals surface area contributed by atoms with Gasteiger partial charge in [-0.3, -0.25) is 4.84 Å². The SMILES string of the molecule is C=CC(=O)OCC(C)ONCc1cccc(CN)c1. The van der Waals surface area contributed by atoms with E-state index >= 15 is 0 Å². The molecule has 1 aromatic rings. The maximum absolute atomic E-state index is 10.9. The van der Waals surface area contributed by atoms with Crippen LogP contribution in [0.4, 0.5) is 0 Å². The number of hydroxylamine groups is 1. The standard InChI is InChI=1S/C14H20N2O3/c1-3-14(17)18-10-11(2)19-16-9-13-6-4-5-12(7-13)8-15/h3-7,11,16H,1,8-10,15H2,2H3. The lowest BCUT2D eigenvalue weighted by molar-refractivity contribution is -0.144. The minimum Gasteiger partial charge on any atom is -0.460 e. The zero-order valence-electron chi connectivity index (χ0n) is 11.1. The summed E-state index contributed by atoms with van der Waals surface area (Å²) in [5, 5.41) is 0. The topological polar surface area (TPSA) is 73.6 Å². The number of nitrogens with one attached hydrogen (secondary N) is 1. The Morgan fingerprint density at radius 3 is 2.95 bits per heavy atom. The maximum atomic E-state index is 10.9. The van der Waals surface area contributed by atoms with E-state index in [1.807, 2.05) is 24.3 Å². The molecule has 1 unspecified atom stereocenters. The molecular weight excluding hydrogens is 244 g/mol. The largest absolute Gasteiger partial charge is 0.460 e. The summed E-state index contributed by atoms with van der Waals surface area (Å²) in [6.07, 6.45) is 0.889. The van der Waals surface area contributed by atoms with Crippen LogP contribution >= 0.6 is 0 Å². The summed E-state index contributed by atoms with van der Waals surface area (Å²) in [6.45, 7) is 6.38. The van der Waals surface area contributed by atoms with Gasteiger partial charge >= 0.3 is 5.97 Å². The molecule has 0 bridgehead atoms. The third kappa shape index (κ3) is 6.15. The fourth-order valence-electron chi connectivity index (χ4n) is 1.43. The first-order valence-electron chi connectivity index (χ1n) is 6.11. The van der Waals surface area contributed by atoms with E-state index in [9.17, 15) is 4.79 Å². The molecule has 0 amide bonds. The van der Waals surface area contributed by atoms with Crippen LogP contribution < -0.4 is 11.2 Å². The van der Waals surface area contributed by atoms with Gasteiger partial charge in [-0.2, -0.15) is 5.48 Å². The predicted octanol–water partition coefficient (Wildman–Crippen LogP) is 1.28. The number of carbonyl (C=O) groups is 1. The van der Waals surface area contributed by atoms with Crippen LogP contribution in [0.1, 0.15) is 18.1 Å². The molecule has 104 valence electrons. The van der Waals surface area contributed by atoms with Crippen LogP contribution in [0.15, 0.2) is 36.9 Å². The first-order valence-corrected chi connectivity index (χ1v) is 6.11. The normalized spacial score (nSPS) is 11.9. The highest BCUT2D eigenvalue weighted by atomic mass is 16.7. The Kier molecular flexibility index (Phi) is 6.81. The van der Waals surface area contributed by atoms with E-state index in [0.717, 1.165) is 17.2 Å². The average Bonchev–Trinajstić information content (AvgIpc) is 2.45. The van der Waals surface area contributed by atoms with Crippen LogP contribution in [0.25, 0.3) is 0 Å². The monoisotopic (exact) mass is 264 g/mol. The van der Waals surface area contributed by atoms with Gasteiger partial charge in [0.2, 0.25) is 0 Å². The second-order valence-corrected chi connectivity index (χ2v) is 4.11. The molecule has 3 N–H and O–H groups in total. The van der Waals surface area contributed by atoms with Crippen molar-refractivity contribution < 1.29 is 14.4 Å². The van der Waals surface area contributed by atoms with E-state index < -0.39 is 5.97 Å². The molecule has 0 saturated heterocycles. The molecule has 0 aliphatic carbocycles. The minimum absolute atomic E-state index is 0.181. The molecule has 19 heavy (non-hydrogen) atoms. The average molecular weight is 264 g/mol. The van der Waals surface area contributed by atoms with Crippen LogP contribution in [0.5, 0.6) is 0 Å². The summed E-state index contributed by atoms with van der Waals surface area (Å²) in [4.78, 5) is 16.2. The molecule has 0 spiro atoms. The summed E-state index contributed by atoms with van der Waals surface area (Å²) in [5.74, 6) is -0.453. The molecule has 1 aromatic carbocycles. The number of hydrogen-bond donors (Lipinski definition) is 2. The van der Waals surface area contributed by atoms with Crippen molar-refractivity contribution in [3.63, 3.8) is 0 Å². The second-order valence-electron chi connectivity index (χ2n) is 4.11. The quantitative estimate of drug-likeness (QED) is 0.420. The second kappa shape index (κ2) is 8.42. The summed E-state index contributed by atoms with van der Waals surface area (Å²) >= 11 is 0. The highest BCUT2D eigenvalue weighted by Gasteiger charge is 2.05. The van der Waals surface area contributed by atoms with E-state index in [4.69, 9.17) is 15.3 Å². The minimum atomic E-state index is -0.453. The van der Waals surface area contributed by atoms with Crippen LogP contribution in [0.3, 0.4) is 0 Å². The Morgan fingerprint density at radius 1 is 1.53 bits per heavy atom. The highest BCUT2D eigenvalue weighted by Crippen LogP contribution is 2.04. The number of nitrogens with two attached hydrogens (primary N) is 1. The smallest absolute Gasteiger partial charge is 0.330 e. The van der Waals surface area contributed by atoms with Gasteiger partial charge in [0, 0.05) is 19.2 Å². The van der Waals surface area contributed by atoms with Crippen LogP contribution in [-0.4, -0.2) is 18.7 Å². The van der Waals surface area contributed by atoms with Gasteiger partial charge in [0.25, 0.3) is 0 Å². The fraction of sp³-hybridized carbons (Fsp3) is 0.357. The van der Waals surface area contributed by atoms with E-state index in [2.05, 4.69) is 12.1 Å². The van der Waals surface area contributed by atoms with E-state index in [0.29, 0.717) is 13.1 Å². The Morgan fingerprint density at radius 2 is 2.26 bits per heavy atom. The molecule has 0 radical (unpaired) electrons. The lowest BCUT2D eigenvalue weighted by Crippen LogP contribution is -2.26. The van der Waals surface area contributed by atoms with Gasteiger partial charge in [0.1, 0.15) is 12.7 Å². The summed E-state index contributed by atoms with van der Waals surface area (Å²) in [7, 11) is 0. The molecule has 0 fully saturated rings. The van der Waals surface area contributed by atoms with Gasteiger partial charge in [-0.15, -0.1) is 0 Å². The van der Waals surface area contributed by atoms with Crippen molar-refractivity contribution in [1.29, 1.82) is 0 Å². The molecule has 0 aliphatic rings. The molecular formula is C14H20N2O3. The van der Waals surface area contributed by atoms with Gasteiger partial charge in [0.15, 0.2) is 0 Å². The molecule has 0 aliphatic heterocycles. The number of carbonyl (C=O) groups excluding carboxylic acids is 1. The summed E-state index contributed by atoms with van der Waals surface area (Å²) in [6, 6.07) is 7.92. The van der Waals surface area contributed by atoms with Crippen LogP contribution in [0, 0.1) is 0 Å². The van der Waals surface area contributed by atoms with Gasteiger partial charge in [0.05, 0.1) is 0 Å². The van der Waals surface area contributed by atoms with E-state index in [1.165, 1.54) is 0 Å². The molecule has 5 heteroatoms. The van der Waals surface area contributed by atoms with Crippen molar-refractivity contribution in [2.24, 2.45) is 5.73 Å². The van der Waals surface area contributed by atoms with Gasteiger partial charge in [-0.1, -0.05) is 30.8 Å². The van der Waals surface area contributed by atoms with Crippen LogP contribution in [0.2, 0.25) is 0 Å². The Bertz CT molecular complexity index is 421. The Balaban J connectivity index is 2.25. The number of ether oxygens (including phenoxy) is 1. The molecule has 0 saturated carbocycles. The number of rotatable bonds is 8. The first-order chi connectivity index (χ1) is 9.15. The van der Waals surface area contributed by atoms with Gasteiger partial charge in [-0.25, -0.2) is 4.79 Å². The molecule has 0 heterocycles. The van der Waals surface area contributed by atoms with Crippen molar-refractivity contribution in [1.82, 2.24) is 5.48 Å². The van der Waals surface area contributed by atoms with Crippen LogP contribution in [-0.2, 0) is 27.5 Å². The van der Waals surface area contributed by atoms with Gasteiger partial charge < -0.3 is 10.5 Å². The summed E-state index contributed by atoms with van der Waals surface area (Å²) in [5.41, 5.74) is 10.6. The molecule has 1 atom stereocenters. The Hall–Kier alpha value is -1.69. The molecule has 0 aromatic heterocycles. The predicted molar refractivity (Wildman–Crippen MR) is 72.9 cm³/mol. The van der Waals surface area contributed by atoms with Crippen molar-refractivity contribution in [3.8, 4) is 0 Å². The van der Waals surface area contributed by atoms with Crippen molar-refractivity contribution in [2.75, 3.05) is 6.61 Å². The number of esters is 1. The number of benzene rings is 1. The maximum Gasteiger partial charge on any atom is 0.330 e.